The van der Waals surface area contributed by atoms with Crippen molar-refractivity contribution < 1.29 is 9.90 Å². The minimum absolute atomic E-state index is 0.322. The first-order valence-electron chi connectivity index (χ1n) is 6.49. The maximum Gasteiger partial charge on any atom is 0.336 e. The van der Waals surface area contributed by atoms with Crippen molar-refractivity contribution in [3.05, 3.63) is 35.9 Å². The summed E-state index contributed by atoms with van der Waals surface area (Å²) in [5.41, 5.74) is 1.06. The number of carboxylic acid groups (broad SMARTS) is 1. The highest BCUT2D eigenvalue weighted by Gasteiger charge is 2.24. The van der Waals surface area contributed by atoms with Gasteiger partial charge in [-0.2, -0.15) is 0 Å². The summed E-state index contributed by atoms with van der Waals surface area (Å²) in [5, 5.41) is 10.0. The van der Waals surface area contributed by atoms with Gasteiger partial charge in [0.15, 0.2) is 0 Å². The third-order valence-corrected chi connectivity index (χ3v) is 3.55. The zero-order valence-corrected chi connectivity index (χ0v) is 10.8. The number of hydrogen-bond acceptors (Lipinski definition) is 3. The van der Waals surface area contributed by atoms with E-state index in [2.05, 4.69) is 9.88 Å². The number of nitrogens with zero attached hydrogens (tertiary/aromatic N) is 2. The van der Waals surface area contributed by atoms with Crippen LogP contribution in [-0.2, 0) is 0 Å². The molecule has 0 saturated heterocycles. The van der Waals surface area contributed by atoms with Gasteiger partial charge in [0.2, 0.25) is 0 Å². The molecule has 0 atom stereocenters. The minimum atomic E-state index is -0.903. The molecule has 0 aliphatic heterocycles. The Morgan fingerprint density at radius 1 is 1.42 bits per heavy atom. The molecule has 4 heteroatoms. The molecule has 0 radical (unpaired) electrons. The highest BCUT2D eigenvalue weighted by Crippen LogP contribution is 2.31. The Balaban J connectivity index is 2.07. The highest BCUT2D eigenvalue weighted by molar-refractivity contribution is 6.03. The summed E-state index contributed by atoms with van der Waals surface area (Å²) >= 11 is 0. The Hall–Kier alpha value is -2.10. The standard InChI is InChI=1S/C15H16N2O2/c1-17(9-10-6-7-10)14-8-12(15(18)19)11-4-2-3-5-13(11)16-14/h2-5,8,10H,6-7,9H2,1H3,(H,18,19). The van der Waals surface area contributed by atoms with E-state index >= 15 is 0 Å². The average molecular weight is 256 g/mol. The number of carboxylic acids is 1. The lowest BCUT2D eigenvalue weighted by atomic mass is 10.1. The Morgan fingerprint density at radius 3 is 2.84 bits per heavy atom. The van der Waals surface area contributed by atoms with E-state index in [1.165, 1.54) is 12.8 Å². The monoisotopic (exact) mass is 256 g/mol. The van der Waals surface area contributed by atoms with Crippen molar-refractivity contribution in [2.45, 2.75) is 12.8 Å². The van der Waals surface area contributed by atoms with Gasteiger partial charge in [0.05, 0.1) is 11.1 Å². The van der Waals surface area contributed by atoms with E-state index in [0.29, 0.717) is 10.9 Å². The van der Waals surface area contributed by atoms with Crippen LogP contribution in [0.25, 0.3) is 10.9 Å². The number of pyridine rings is 1. The molecule has 1 N–H and O–H groups in total. The van der Waals surface area contributed by atoms with E-state index in [1.807, 2.05) is 25.2 Å². The fourth-order valence-corrected chi connectivity index (χ4v) is 2.32. The Morgan fingerprint density at radius 2 is 2.16 bits per heavy atom. The largest absolute Gasteiger partial charge is 0.478 e. The first-order chi connectivity index (χ1) is 9.15. The predicted octanol–water partition coefficient (Wildman–Crippen LogP) is 2.78. The molecule has 98 valence electrons. The SMILES string of the molecule is CN(CC1CC1)c1cc(C(=O)O)c2ccccc2n1. The van der Waals surface area contributed by atoms with E-state index in [-0.39, 0.29) is 0 Å². The summed E-state index contributed by atoms with van der Waals surface area (Å²) in [7, 11) is 1.97. The molecule has 1 fully saturated rings. The molecule has 1 aliphatic carbocycles. The predicted molar refractivity (Wildman–Crippen MR) is 74.7 cm³/mol. The van der Waals surface area contributed by atoms with Crippen molar-refractivity contribution in [3.63, 3.8) is 0 Å². The molecule has 1 heterocycles. The molecular weight excluding hydrogens is 240 g/mol. The molecule has 19 heavy (non-hydrogen) atoms. The first kappa shape index (κ1) is 12.0. The molecule has 1 aliphatic rings. The Kier molecular flexibility index (Phi) is 2.85. The van der Waals surface area contributed by atoms with Gasteiger partial charge in [-0.3, -0.25) is 0 Å². The van der Waals surface area contributed by atoms with Gasteiger partial charge in [-0.1, -0.05) is 18.2 Å². The molecule has 0 spiro atoms. The van der Waals surface area contributed by atoms with Gasteiger partial charge < -0.3 is 10.0 Å². The fraction of sp³-hybridized carbons (Fsp3) is 0.333. The van der Waals surface area contributed by atoms with Crippen molar-refractivity contribution in [2.24, 2.45) is 5.92 Å². The fourth-order valence-electron chi connectivity index (χ4n) is 2.32. The summed E-state index contributed by atoms with van der Waals surface area (Å²) in [4.78, 5) is 18.0. The molecule has 3 rings (SSSR count). The average Bonchev–Trinajstić information content (AvgIpc) is 3.21. The second-order valence-corrected chi connectivity index (χ2v) is 5.17. The zero-order chi connectivity index (χ0) is 13.4. The van der Waals surface area contributed by atoms with Crippen molar-refractivity contribution in [1.29, 1.82) is 0 Å². The number of para-hydroxylation sites is 1. The van der Waals surface area contributed by atoms with Crippen LogP contribution in [0.1, 0.15) is 23.2 Å². The van der Waals surface area contributed by atoms with Crippen molar-refractivity contribution in [2.75, 3.05) is 18.5 Å². The number of aromatic carboxylic acids is 1. The number of anilines is 1. The summed E-state index contributed by atoms with van der Waals surface area (Å²) in [5.74, 6) is 0.578. The quantitative estimate of drug-likeness (QED) is 0.914. The number of aromatic nitrogens is 1. The molecule has 4 nitrogen and oxygen atoms in total. The van der Waals surface area contributed by atoms with Crippen LogP contribution in [0.15, 0.2) is 30.3 Å². The van der Waals surface area contributed by atoms with Crippen LogP contribution in [0.5, 0.6) is 0 Å². The van der Waals surface area contributed by atoms with E-state index in [0.717, 1.165) is 23.8 Å². The maximum atomic E-state index is 11.4. The molecule has 0 bridgehead atoms. The summed E-state index contributed by atoms with van der Waals surface area (Å²) in [6.45, 7) is 0.949. The molecule has 0 unspecified atom stereocenters. The Bertz CT molecular complexity index is 635. The van der Waals surface area contributed by atoms with Gasteiger partial charge in [0, 0.05) is 19.0 Å². The summed E-state index contributed by atoms with van der Waals surface area (Å²) in [6.07, 6.45) is 2.54. The Labute approximate surface area is 111 Å². The van der Waals surface area contributed by atoms with Crippen molar-refractivity contribution >= 4 is 22.7 Å². The van der Waals surface area contributed by atoms with Crippen LogP contribution in [0.4, 0.5) is 5.82 Å². The molecule has 1 aromatic heterocycles. The van der Waals surface area contributed by atoms with Crippen LogP contribution in [-0.4, -0.2) is 29.7 Å². The number of rotatable bonds is 4. The van der Waals surface area contributed by atoms with Crippen LogP contribution in [0.3, 0.4) is 0 Å². The second kappa shape index (κ2) is 4.53. The van der Waals surface area contributed by atoms with Gasteiger partial charge in [-0.25, -0.2) is 9.78 Å². The second-order valence-electron chi connectivity index (χ2n) is 5.17. The molecule has 0 amide bonds. The lowest BCUT2D eigenvalue weighted by Gasteiger charge is -2.19. The first-order valence-corrected chi connectivity index (χ1v) is 6.49. The lowest BCUT2D eigenvalue weighted by molar-refractivity contribution is 0.0699. The minimum Gasteiger partial charge on any atom is -0.478 e. The van der Waals surface area contributed by atoms with Crippen LogP contribution in [0.2, 0.25) is 0 Å². The third-order valence-electron chi connectivity index (χ3n) is 3.55. The van der Waals surface area contributed by atoms with Gasteiger partial charge in [0.25, 0.3) is 0 Å². The van der Waals surface area contributed by atoms with Crippen molar-refractivity contribution in [1.82, 2.24) is 4.98 Å². The normalized spacial score (nSPS) is 14.6. The summed E-state index contributed by atoms with van der Waals surface area (Å²) < 4.78 is 0. The number of carbonyl (C=O) groups is 1. The van der Waals surface area contributed by atoms with E-state index in [1.54, 1.807) is 12.1 Å². The molecular formula is C15H16N2O2. The molecule has 1 aromatic carbocycles. The number of benzene rings is 1. The van der Waals surface area contributed by atoms with Crippen LogP contribution in [0, 0.1) is 5.92 Å². The highest BCUT2D eigenvalue weighted by atomic mass is 16.4. The van der Waals surface area contributed by atoms with Gasteiger partial charge in [0.1, 0.15) is 5.82 Å². The number of hydrogen-bond donors (Lipinski definition) is 1. The third kappa shape index (κ3) is 2.38. The molecule has 1 saturated carbocycles. The van der Waals surface area contributed by atoms with Crippen LogP contribution < -0.4 is 4.90 Å². The van der Waals surface area contributed by atoms with Gasteiger partial charge in [-0.15, -0.1) is 0 Å². The lowest BCUT2D eigenvalue weighted by Crippen LogP contribution is -2.21. The van der Waals surface area contributed by atoms with Gasteiger partial charge >= 0.3 is 5.97 Å². The van der Waals surface area contributed by atoms with Crippen molar-refractivity contribution in [3.8, 4) is 0 Å². The summed E-state index contributed by atoms with van der Waals surface area (Å²) in [6, 6.07) is 9.05. The van der Waals surface area contributed by atoms with Crippen LogP contribution >= 0.6 is 0 Å². The van der Waals surface area contributed by atoms with E-state index < -0.39 is 5.97 Å². The smallest absolute Gasteiger partial charge is 0.336 e. The maximum absolute atomic E-state index is 11.4. The molecule has 2 aromatic rings. The van der Waals surface area contributed by atoms with E-state index in [4.69, 9.17) is 0 Å². The zero-order valence-electron chi connectivity index (χ0n) is 10.8. The topological polar surface area (TPSA) is 53.4 Å². The van der Waals surface area contributed by atoms with Gasteiger partial charge in [-0.05, 0) is 30.9 Å². The van der Waals surface area contributed by atoms with E-state index in [9.17, 15) is 9.90 Å². The number of fused-ring (bicyclic) bond motifs is 1.